The zero-order chi connectivity index (χ0) is 24.1. The fourth-order valence-corrected chi connectivity index (χ4v) is 4.57. The lowest BCUT2D eigenvalue weighted by atomic mass is 9.98. The van der Waals surface area contributed by atoms with Crippen LogP contribution >= 0.6 is 11.6 Å². The fourth-order valence-electron chi connectivity index (χ4n) is 4.46. The minimum absolute atomic E-state index is 0.185. The average molecular weight is 491 g/mol. The van der Waals surface area contributed by atoms with Gasteiger partial charge in [0.25, 0.3) is 0 Å². The summed E-state index contributed by atoms with van der Waals surface area (Å²) in [4.78, 5) is 0. The smallest absolute Gasteiger partial charge is 0.157 e. The van der Waals surface area contributed by atoms with Crippen LogP contribution in [0, 0.1) is 23.4 Å². The van der Waals surface area contributed by atoms with E-state index >= 15 is 4.39 Å². The molecular weight excluding hydrogens is 461 g/mol. The number of unbranched alkanes of at least 4 members (excludes halogenated alkanes) is 1. The van der Waals surface area contributed by atoms with Crippen molar-refractivity contribution in [1.29, 1.82) is 0 Å². The van der Waals surface area contributed by atoms with E-state index < -0.39 is 16.7 Å². The lowest BCUT2D eigenvalue weighted by Crippen LogP contribution is -2.32. The van der Waals surface area contributed by atoms with Crippen LogP contribution < -0.4 is 0 Å². The van der Waals surface area contributed by atoms with Crippen LogP contribution in [0.3, 0.4) is 0 Å². The highest BCUT2D eigenvalue weighted by Gasteiger charge is 2.21. The van der Waals surface area contributed by atoms with Gasteiger partial charge in [-0.05, 0) is 59.9 Å². The third-order valence-corrected chi connectivity index (χ3v) is 6.86. The SMILES string of the molecule is CCCCC1COC(CCc2ccc3c(F)c(CCc4cc(F)c(Cl)c(F)c4)ccc3c2)OC1. The van der Waals surface area contributed by atoms with Crippen molar-refractivity contribution in [2.24, 2.45) is 5.92 Å². The van der Waals surface area contributed by atoms with Crippen LogP contribution in [-0.2, 0) is 28.7 Å². The number of hydrogen-bond acceptors (Lipinski definition) is 2. The minimum Gasteiger partial charge on any atom is -0.352 e. The fraction of sp³-hybridized carbons (Fsp3) is 0.429. The first kappa shape index (κ1) is 25.0. The molecule has 0 radical (unpaired) electrons. The van der Waals surface area contributed by atoms with Crippen molar-refractivity contribution in [3.63, 3.8) is 0 Å². The highest BCUT2D eigenvalue weighted by atomic mass is 35.5. The van der Waals surface area contributed by atoms with Crippen molar-refractivity contribution in [1.82, 2.24) is 0 Å². The molecule has 34 heavy (non-hydrogen) atoms. The van der Waals surface area contributed by atoms with Crippen LogP contribution in [0.25, 0.3) is 10.8 Å². The van der Waals surface area contributed by atoms with Crippen molar-refractivity contribution in [2.45, 2.75) is 58.2 Å². The Morgan fingerprint density at radius 1 is 0.853 bits per heavy atom. The number of aryl methyl sites for hydroxylation is 3. The Labute approximate surface area is 204 Å². The second-order valence-electron chi connectivity index (χ2n) is 9.11. The molecule has 2 nitrogen and oxygen atoms in total. The van der Waals surface area contributed by atoms with E-state index in [1.807, 2.05) is 18.2 Å². The Balaban J connectivity index is 1.35. The molecule has 1 saturated heterocycles. The van der Waals surface area contributed by atoms with Crippen molar-refractivity contribution in [3.8, 4) is 0 Å². The van der Waals surface area contributed by atoms with E-state index in [1.165, 1.54) is 25.0 Å². The molecule has 1 fully saturated rings. The minimum atomic E-state index is -0.802. The lowest BCUT2D eigenvalue weighted by molar-refractivity contribution is -0.203. The van der Waals surface area contributed by atoms with Crippen molar-refractivity contribution < 1.29 is 22.6 Å². The van der Waals surface area contributed by atoms with Gasteiger partial charge in [0, 0.05) is 17.7 Å². The van der Waals surface area contributed by atoms with Gasteiger partial charge in [0.2, 0.25) is 0 Å². The van der Waals surface area contributed by atoms with E-state index in [9.17, 15) is 8.78 Å². The molecule has 1 aliphatic heterocycles. The zero-order valence-electron chi connectivity index (χ0n) is 19.4. The van der Waals surface area contributed by atoms with Crippen LogP contribution in [0.2, 0.25) is 5.02 Å². The highest BCUT2D eigenvalue weighted by Crippen LogP contribution is 2.26. The van der Waals surface area contributed by atoms with Crippen LogP contribution in [-0.4, -0.2) is 19.5 Å². The van der Waals surface area contributed by atoms with Gasteiger partial charge < -0.3 is 9.47 Å². The topological polar surface area (TPSA) is 18.5 Å². The summed E-state index contributed by atoms with van der Waals surface area (Å²) in [6, 6.07) is 11.8. The molecule has 0 atom stereocenters. The molecule has 0 aromatic heterocycles. The van der Waals surface area contributed by atoms with Gasteiger partial charge in [0.15, 0.2) is 6.29 Å². The number of benzene rings is 3. The van der Waals surface area contributed by atoms with Crippen LogP contribution in [0.5, 0.6) is 0 Å². The van der Waals surface area contributed by atoms with E-state index in [-0.39, 0.29) is 12.1 Å². The third kappa shape index (κ3) is 6.12. The van der Waals surface area contributed by atoms with Gasteiger partial charge in [-0.15, -0.1) is 0 Å². The molecule has 4 rings (SSSR count). The van der Waals surface area contributed by atoms with Gasteiger partial charge in [0.1, 0.15) is 22.5 Å². The number of halogens is 4. The van der Waals surface area contributed by atoms with Gasteiger partial charge in [-0.3, -0.25) is 0 Å². The maximum Gasteiger partial charge on any atom is 0.157 e. The van der Waals surface area contributed by atoms with Crippen molar-refractivity contribution in [3.05, 3.63) is 81.6 Å². The standard InChI is InChI=1S/C28H30ClF3O2/c1-2-3-4-20-16-33-26(34-17-20)12-7-18-6-11-23-22(13-18)10-9-21(28(23)32)8-5-19-14-24(30)27(29)25(31)15-19/h6,9-11,13-15,20,26H,2-5,7-8,12,16-17H2,1H3. The predicted molar refractivity (Wildman–Crippen MR) is 130 cm³/mol. The Morgan fingerprint density at radius 2 is 1.59 bits per heavy atom. The summed E-state index contributed by atoms with van der Waals surface area (Å²) < 4.78 is 54.2. The first-order valence-electron chi connectivity index (χ1n) is 12.0. The van der Waals surface area contributed by atoms with Crippen LogP contribution in [0.4, 0.5) is 13.2 Å². The maximum absolute atomic E-state index is 15.1. The molecule has 0 bridgehead atoms. The molecular formula is C28H30ClF3O2. The summed E-state index contributed by atoms with van der Waals surface area (Å²) in [5, 5.41) is 0.848. The van der Waals surface area contributed by atoms with Crippen molar-refractivity contribution in [2.75, 3.05) is 13.2 Å². The molecule has 0 N–H and O–H groups in total. The van der Waals surface area contributed by atoms with Gasteiger partial charge in [0.05, 0.1) is 13.2 Å². The number of hydrogen-bond donors (Lipinski definition) is 0. The molecule has 182 valence electrons. The molecule has 6 heteroatoms. The number of fused-ring (bicyclic) bond motifs is 1. The molecule has 0 amide bonds. The second kappa shape index (κ2) is 11.6. The van der Waals surface area contributed by atoms with E-state index in [0.29, 0.717) is 35.3 Å². The van der Waals surface area contributed by atoms with Gasteiger partial charge in [-0.1, -0.05) is 61.7 Å². The normalized spacial score (nSPS) is 18.5. The Hall–Kier alpha value is -2.08. The molecule has 1 heterocycles. The molecule has 0 spiro atoms. The highest BCUT2D eigenvalue weighted by molar-refractivity contribution is 6.30. The zero-order valence-corrected chi connectivity index (χ0v) is 20.1. The summed E-state index contributed by atoms with van der Waals surface area (Å²) >= 11 is 5.53. The predicted octanol–water partition coefficient (Wildman–Crippen LogP) is 7.81. The maximum atomic E-state index is 15.1. The van der Waals surface area contributed by atoms with Gasteiger partial charge >= 0.3 is 0 Å². The molecule has 3 aromatic rings. The summed E-state index contributed by atoms with van der Waals surface area (Å²) in [5.74, 6) is -1.41. The largest absolute Gasteiger partial charge is 0.352 e. The lowest BCUT2D eigenvalue weighted by Gasteiger charge is -2.29. The molecule has 1 aliphatic rings. The quantitative estimate of drug-likeness (QED) is 0.285. The second-order valence-corrected chi connectivity index (χ2v) is 9.49. The summed E-state index contributed by atoms with van der Waals surface area (Å²) in [5.41, 5.74) is 2.06. The summed E-state index contributed by atoms with van der Waals surface area (Å²) in [6.07, 6.45) is 5.55. The summed E-state index contributed by atoms with van der Waals surface area (Å²) in [7, 11) is 0. The number of rotatable bonds is 9. The summed E-state index contributed by atoms with van der Waals surface area (Å²) in [6.45, 7) is 3.70. The molecule has 0 aliphatic carbocycles. The van der Waals surface area contributed by atoms with Gasteiger partial charge in [-0.2, -0.15) is 0 Å². The third-order valence-electron chi connectivity index (χ3n) is 6.50. The monoisotopic (exact) mass is 490 g/mol. The first-order chi connectivity index (χ1) is 16.4. The first-order valence-corrected chi connectivity index (χ1v) is 12.4. The number of ether oxygens (including phenoxy) is 2. The Bertz CT molecular complexity index is 1100. The van der Waals surface area contributed by atoms with E-state index in [2.05, 4.69) is 6.92 Å². The van der Waals surface area contributed by atoms with Crippen LogP contribution in [0.15, 0.2) is 42.5 Å². The molecule has 0 saturated carbocycles. The van der Waals surface area contributed by atoms with E-state index in [1.54, 1.807) is 12.1 Å². The van der Waals surface area contributed by atoms with Crippen molar-refractivity contribution >= 4 is 22.4 Å². The van der Waals surface area contributed by atoms with Crippen LogP contribution in [0.1, 0.15) is 49.3 Å². The van der Waals surface area contributed by atoms with E-state index in [0.717, 1.165) is 43.4 Å². The molecule has 0 unspecified atom stereocenters. The Kier molecular flexibility index (Phi) is 8.51. The Morgan fingerprint density at radius 3 is 2.29 bits per heavy atom. The van der Waals surface area contributed by atoms with Gasteiger partial charge in [-0.25, -0.2) is 13.2 Å². The average Bonchev–Trinajstić information content (AvgIpc) is 2.85. The molecule has 3 aromatic carbocycles. The van der Waals surface area contributed by atoms with E-state index in [4.69, 9.17) is 21.1 Å².